The van der Waals surface area contributed by atoms with Gasteiger partial charge in [0.25, 0.3) is 5.91 Å². The average molecular weight is 287 g/mol. The van der Waals surface area contributed by atoms with Crippen molar-refractivity contribution in [2.24, 2.45) is 0 Å². The lowest BCUT2D eigenvalue weighted by Gasteiger charge is -2.26. The summed E-state index contributed by atoms with van der Waals surface area (Å²) in [5.74, 6) is -1.70. The van der Waals surface area contributed by atoms with Crippen LogP contribution in [0.15, 0.2) is 46.9 Å². The molecule has 0 radical (unpaired) electrons. The SMILES string of the molecule is CC(C)N(Cc1ccccc1)C(=O)c1ccc(C(=O)O)o1. The van der Waals surface area contributed by atoms with Crippen LogP contribution < -0.4 is 0 Å². The third-order valence-corrected chi connectivity index (χ3v) is 3.11. The fourth-order valence-electron chi connectivity index (χ4n) is 1.98. The summed E-state index contributed by atoms with van der Waals surface area (Å²) in [7, 11) is 0. The second-order valence-electron chi connectivity index (χ2n) is 4.98. The molecule has 1 aromatic carbocycles. The van der Waals surface area contributed by atoms with Crippen molar-refractivity contribution in [1.29, 1.82) is 0 Å². The molecular weight excluding hydrogens is 270 g/mol. The van der Waals surface area contributed by atoms with E-state index < -0.39 is 5.97 Å². The van der Waals surface area contributed by atoms with Crippen LogP contribution in [0.2, 0.25) is 0 Å². The number of benzene rings is 1. The van der Waals surface area contributed by atoms with E-state index in [0.29, 0.717) is 6.54 Å². The van der Waals surface area contributed by atoms with E-state index in [-0.39, 0.29) is 23.5 Å². The summed E-state index contributed by atoms with van der Waals surface area (Å²) in [4.78, 5) is 24.9. The van der Waals surface area contributed by atoms with Gasteiger partial charge >= 0.3 is 5.97 Å². The molecule has 2 aromatic rings. The minimum atomic E-state index is -1.19. The normalized spacial score (nSPS) is 10.6. The molecule has 2 rings (SSSR count). The van der Waals surface area contributed by atoms with Crippen molar-refractivity contribution in [2.75, 3.05) is 0 Å². The Labute approximate surface area is 122 Å². The minimum absolute atomic E-state index is 0.0314. The first-order valence-corrected chi connectivity index (χ1v) is 6.67. The van der Waals surface area contributed by atoms with Crippen molar-refractivity contribution in [1.82, 2.24) is 4.90 Å². The van der Waals surface area contributed by atoms with Crippen LogP contribution in [-0.2, 0) is 6.54 Å². The van der Waals surface area contributed by atoms with Crippen LogP contribution in [-0.4, -0.2) is 27.9 Å². The number of carboxylic acids is 1. The number of carbonyl (C=O) groups excluding carboxylic acids is 1. The Hall–Kier alpha value is -2.56. The topological polar surface area (TPSA) is 70.8 Å². The quantitative estimate of drug-likeness (QED) is 0.917. The predicted octanol–water partition coefficient (Wildman–Crippen LogP) is 3.03. The summed E-state index contributed by atoms with van der Waals surface area (Å²) in [5, 5.41) is 8.84. The van der Waals surface area contributed by atoms with Crippen molar-refractivity contribution >= 4 is 11.9 Å². The van der Waals surface area contributed by atoms with E-state index >= 15 is 0 Å². The van der Waals surface area contributed by atoms with Crippen LogP contribution in [0.4, 0.5) is 0 Å². The first-order valence-electron chi connectivity index (χ1n) is 6.67. The second-order valence-corrected chi connectivity index (χ2v) is 4.98. The Bertz CT molecular complexity index is 631. The number of hydrogen-bond donors (Lipinski definition) is 1. The number of amides is 1. The van der Waals surface area contributed by atoms with Gasteiger partial charge in [-0.25, -0.2) is 4.79 Å². The molecule has 1 N–H and O–H groups in total. The largest absolute Gasteiger partial charge is 0.475 e. The van der Waals surface area contributed by atoms with Gasteiger partial charge in [0, 0.05) is 12.6 Å². The van der Waals surface area contributed by atoms with Crippen LogP contribution in [0.1, 0.15) is 40.5 Å². The van der Waals surface area contributed by atoms with Gasteiger partial charge < -0.3 is 14.4 Å². The van der Waals surface area contributed by atoms with E-state index in [4.69, 9.17) is 9.52 Å². The molecule has 5 nitrogen and oxygen atoms in total. The molecule has 1 amide bonds. The van der Waals surface area contributed by atoms with Crippen molar-refractivity contribution in [2.45, 2.75) is 26.4 Å². The summed E-state index contributed by atoms with van der Waals surface area (Å²) in [5.41, 5.74) is 1.00. The molecule has 0 saturated heterocycles. The highest BCUT2D eigenvalue weighted by Gasteiger charge is 2.23. The molecule has 0 unspecified atom stereocenters. The summed E-state index contributed by atoms with van der Waals surface area (Å²) >= 11 is 0. The molecular formula is C16H17NO4. The standard InChI is InChI=1S/C16H17NO4/c1-11(2)17(10-12-6-4-3-5-7-12)15(18)13-8-9-14(21-13)16(19)20/h3-9,11H,10H2,1-2H3,(H,19,20). The van der Waals surface area contributed by atoms with E-state index in [9.17, 15) is 9.59 Å². The van der Waals surface area contributed by atoms with Gasteiger partial charge in [-0.2, -0.15) is 0 Å². The molecule has 0 atom stereocenters. The molecule has 110 valence electrons. The Balaban J connectivity index is 2.21. The summed E-state index contributed by atoms with van der Waals surface area (Å²) in [6.07, 6.45) is 0. The number of furan rings is 1. The predicted molar refractivity (Wildman–Crippen MR) is 77.1 cm³/mol. The number of rotatable bonds is 5. The van der Waals surface area contributed by atoms with Crippen molar-refractivity contribution < 1.29 is 19.1 Å². The van der Waals surface area contributed by atoms with E-state index in [1.54, 1.807) is 4.90 Å². The number of hydrogen-bond acceptors (Lipinski definition) is 3. The second kappa shape index (κ2) is 6.26. The van der Waals surface area contributed by atoms with Crippen LogP contribution in [0.5, 0.6) is 0 Å². The number of carboxylic acid groups (broad SMARTS) is 1. The van der Waals surface area contributed by atoms with Gasteiger partial charge in [-0.1, -0.05) is 30.3 Å². The molecule has 21 heavy (non-hydrogen) atoms. The van der Waals surface area contributed by atoms with Gasteiger partial charge in [0.1, 0.15) is 0 Å². The molecule has 0 aliphatic heterocycles. The summed E-state index contributed by atoms with van der Waals surface area (Å²) in [6.45, 7) is 4.25. The third kappa shape index (κ3) is 3.51. The monoisotopic (exact) mass is 287 g/mol. The Morgan fingerprint density at radius 2 is 1.71 bits per heavy atom. The molecule has 0 saturated carbocycles. The smallest absolute Gasteiger partial charge is 0.371 e. The number of carbonyl (C=O) groups is 2. The van der Waals surface area contributed by atoms with Crippen LogP contribution in [0, 0.1) is 0 Å². The van der Waals surface area contributed by atoms with Gasteiger partial charge in [0.15, 0.2) is 5.76 Å². The lowest BCUT2D eigenvalue weighted by atomic mass is 10.2. The molecule has 0 fully saturated rings. The molecule has 1 heterocycles. The fraction of sp³-hybridized carbons (Fsp3) is 0.250. The van der Waals surface area contributed by atoms with Crippen molar-refractivity contribution in [3.05, 3.63) is 59.5 Å². The number of aromatic carboxylic acids is 1. The summed E-state index contributed by atoms with van der Waals surface area (Å²) < 4.78 is 5.08. The first-order chi connectivity index (χ1) is 9.99. The van der Waals surface area contributed by atoms with Gasteiger partial charge in [0.2, 0.25) is 5.76 Å². The van der Waals surface area contributed by atoms with Gasteiger partial charge in [-0.05, 0) is 31.5 Å². The minimum Gasteiger partial charge on any atom is -0.475 e. The molecule has 5 heteroatoms. The van der Waals surface area contributed by atoms with Crippen LogP contribution in [0.3, 0.4) is 0 Å². The molecule has 0 aliphatic rings. The zero-order chi connectivity index (χ0) is 15.4. The van der Waals surface area contributed by atoms with Gasteiger partial charge in [-0.15, -0.1) is 0 Å². The highest BCUT2D eigenvalue weighted by molar-refractivity contribution is 5.93. The summed E-state index contributed by atoms with van der Waals surface area (Å²) in [6, 6.07) is 12.3. The first kappa shape index (κ1) is 14.8. The van der Waals surface area contributed by atoms with E-state index in [0.717, 1.165) is 5.56 Å². The Morgan fingerprint density at radius 3 is 2.24 bits per heavy atom. The Kier molecular flexibility index (Phi) is 4.42. The van der Waals surface area contributed by atoms with Crippen molar-refractivity contribution in [3.8, 4) is 0 Å². The zero-order valence-corrected chi connectivity index (χ0v) is 11.9. The molecule has 0 spiro atoms. The zero-order valence-electron chi connectivity index (χ0n) is 11.9. The molecule has 0 bridgehead atoms. The van der Waals surface area contributed by atoms with Crippen molar-refractivity contribution in [3.63, 3.8) is 0 Å². The maximum Gasteiger partial charge on any atom is 0.371 e. The van der Waals surface area contributed by atoms with E-state index in [1.165, 1.54) is 12.1 Å². The lowest BCUT2D eigenvalue weighted by molar-refractivity contribution is 0.0628. The highest BCUT2D eigenvalue weighted by atomic mass is 16.4. The highest BCUT2D eigenvalue weighted by Crippen LogP contribution is 2.15. The van der Waals surface area contributed by atoms with Gasteiger partial charge in [0.05, 0.1) is 0 Å². The Morgan fingerprint density at radius 1 is 1.10 bits per heavy atom. The maximum absolute atomic E-state index is 12.5. The van der Waals surface area contributed by atoms with E-state index in [1.807, 2.05) is 44.2 Å². The molecule has 1 aromatic heterocycles. The fourth-order valence-corrected chi connectivity index (χ4v) is 1.98. The lowest BCUT2D eigenvalue weighted by Crippen LogP contribution is -2.36. The van der Waals surface area contributed by atoms with Crippen LogP contribution >= 0.6 is 0 Å². The van der Waals surface area contributed by atoms with Crippen LogP contribution in [0.25, 0.3) is 0 Å². The molecule has 0 aliphatic carbocycles. The van der Waals surface area contributed by atoms with Gasteiger partial charge in [-0.3, -0.25) is 4.79 Å². The van der Waals surface area contributed by atoms with E-state index in [2.05, 4.69) is 0 Å². The maximum atomic E-state index is 12.5. The third-order valence-electron chi connectivity index (χ3n) is 3.11. The number of nitrogens with zero attached hydrogens (tertiary/aromatic N) is 1. The average Bonchev–Trinajstić information content (AvgIpc) is 2.95.